The molecule has 20 heavy (non-hydrogen) atoms. The second kappa shape index (κ2) is 7.75. The van der Waals surface area contributed by atoms with Crippen molar-refractivity contribution in [3.63, 3.8) is 0 Å². The van der Waals surface area contributed by atoms with Gasteiger partial charge in [0.25, 0.3) is 0 Å². The number of amides is 2. The van der Waals surface area contributed by atoms with Crippen LogP contribution in [0.3, 0.4) is 0 Å². The summed E-state index contributed by atoms with van der Waals surface area (Å²) in [5.74, 6) is -0.922. The van der Waals surface area contributed by atoms with E-state index in [4.69, 9.17) is 16.7 Å². The van der Waals surface area contributed by atoms with Crippen molar-refractivity contribution in [3.8, 4) is 0 Å². The quantitative estimate of drug-likeness (QED) is 0.848. The summed E-state index contributed by atoms with van der Waals surface area (Å²) < 4.78 is 0. The van der Waals surface area contributed by atoms with Gasteiger partial charge in [0.15, 0.2) is 0 Å². The van der Waals surface area contributed by atoms with Crippen LogP contribution >= 0.6 is 11.6 Å². The lowest BCUT2D eigenvalue weighted by molar-refractivity contribution is -0.137. The van der Waals surface area contributed by atoms with Gasteiger partial charge in [-0.25, -0.2) is 4.79 Å². The fraction of sp³-hybridized carbons (Fsp3) is 0.429. The number of rotatable bonds is 6. The first-order valence-electron chi connectivity index (χ1n) is 6.43. The van der Waals surface area contributed by atoms with Gasteiger partial charge in [0, 0.05) is 18.6 Å². The number of carboxylic acid groups (broad SMARTS) is 1. The van der Waals surface area contributed by atoms with E-state index in [1.54, 1.807) is 19.2 Å². The topological polar surface area (TPSA) is 69.6 Å². The lowest BCUT2D eigenvalue weighted by Crippen LogP contribution is -2.40. The SMILES string of the molecule is CCC(NC(=O)N(C)CCC(=O)O)c1ccc(Cl)cc1. The van der Waals surface area contributed by atoms with E-state index in [0.717, 1.165) is 12.0 Å². The van der Waals surface area contributed by atoms with E-state index in [1.807, 2.05) is 19.1 Å². The van der Waals surface area contributed by atoms with Crippen molar-refractivity contribution in [2.24, 2.45) is 0 Å². The summed E-state index contributed by atoms with van der Waals surface area (Å²) in [6.45, 7) is 2.15. The molecule has 0 saturated carbocycles. The fourth-order valence-electron chi connectivity index (χ4n) is 1.74. The van der Waals surface area contributed by atoms with Crippen molar-refractivity contribution in [2.75, 3.05) is 13.6 Å². The molecule has 2 N–H and O–H groups in total. The van der Waals surface area contributed by atoms with E-state index in [9.17, 15) is 9.59 Å². The molecule has 0 heterocycles. The number of carboxylic acids is 1. The zero-order valence-electron chi connectivity index (χ0n) is 11.6. The van der Waals surface area contributed by atoms with Crippen LogP contribution in [0.2, 0.25) is 5.02 Å². The third kappa shape index (κ3) is 5.09. The Morgan fingerprint density at radius 2 is 1.95 bits per heavy atom. The molecule has 0 aliphatic heterocycles. The molecule has 0 saturated heterocycles. The molecule has 1 rings (SSSR count). The van der Waals surface area contributed by atoms with Gasteiger partial charge in [0.2, 0.25) is 0 Å². The van der Waals surface area contributed by atoms with Crippen LogP contribution in [-0.2, 0) is 4.79 Å². The fourth-order valence-corrected chi connectivity index (χ4v) is 1.87. The highest BCUT2D eigenvalue weighted by Gasteiger charge is 2.16. The first-order chi connectivity index (χ1) is 9.43. The Morgan fingerprint density at radius 1 is 1.35 bits per heavy atom. The maximum absolute atomic E-state index is 12.0. The van der Waals surface area contributed by atoms with Crippen LogP contribution in [0.4, 0.5) is 4.79 Å². The van der Waals surface area contributed by atoms with Crippen molar-refractivity contribution in [2.45, 2.75) is 25.8 Å². The Morgan fingerprint density at radius 3 is 2.45 bits per heavy atom. The van der Waals surface area contributed by atoms with Gasteiger partial charge in [-0.2, -0.15) is 0 Å². The van der Waals surface area contributed by atoms with Crippen molar-refractivity contribution >= 4 is 23.6 Å². The number of carbonyl (C=O) groups excluding carboxylic acids is 1. The summed E-state index contributed by atoms with van der Waals surface area (Å²) in [5.41, 5.74) is 0.969. The number of urea groups is 1. The standard InChI is InChI=1S/C14H19ClN2O3/c1-3-12(10-4-6-11(15)7-5-10)16-14(20)17(2)9-8-13(18)19/h4-7,12H,3,8-9H2,1-2H3,(H,16,20)(H,18,19). The molecule has 6 heteroatoms. The monoisotopic (exact) mass is 298 g/mol. The molecule has 1 unspecified atom stereocenters. The van der Waals surface area contributed by atoms with E-state index in [2.05, 4.69) is 5.32 Å². The predicted molar refractivity (Wildman–Crippen MR) is 77.9 cm³/mol. The van der Waals surface area contributed by atoms with Crippen LogP contribution in [0.25, 0.3) is 0 Å². The van der Waals surface area contributed by atoms with Crippen LogP contribution in [0.5, 0.6) is 0 Å². The highest BCUT2D eigenvalue weighted by molar-refractivity contribution is 6.30. The molecule has 0 fully saturated rings. The third-order valence-corrected chi connectivity index (χ3v) is 3.24. The van der Waals surface area contributed by atoms with Gasteiger partial charge in [0.05, 0.1) is 12.5 Å². The molecule has 0 aliphatic rings. The average Bonchev–Trinajstić information content (AvgIpc) is 2.42. The van der Waals surface area contributed by atoms with Gasteiger partial charge in [-0.05, 0) is 24.1 Å². The smallest absolute Gasteiger partial charge is 0.317 e. The van der Waals surface area contributed by atoms with Gasteiger partial charge in [0.1, 0.15) is 0 Å². The van der Waals surface area contributed by atoms with E-state index < -0.39 is 5.97 Å². The van der Waals surface area contributed by atoms with E-state index in [1.165, 1.54) is 4.90 Å². The highest BCUT2D eigenvalue weighted by Crippen LogP contribution is 2.19. The van der Waals surface area contributed by atoms with Crippen molar-refractivity contribution < 1.29 is 14.7 Å². The van der Waals surface area contributed by atoms with Gasteiger partial charge >= 0.3 is 12.0 Å². The maximum atomic E-state index is 12.0. The summed E-state index contributed by atoms with van der Waals surface area (Å²) in [6, 6.07) is 6.89. The van der Waals surface area contributed by atoms with E-state index >= 15 is 0 Å². The summed E-state index contributed by atoms with van der Waals surface area (Å²) in [4.78, 5) is 23.8. The third-order valence-electron chi connectivity index (χ3n) is 2.99. The number of halogens is 1. The Balaban J connectivity index is 2.61. The lowest BCUT2D eigenvalue weighted by Gasteiger charge is -2.22. The molecule has 0 spiro atoms. The van der Waals surface area contributed by atoms with Crippen molar-refractivity contribution in [1.82, 2.24) is 10.2 Å². The van der Waals surface area contributed by atoms with Gasteiger partial charge in [-0.3, -0.25) is 4.79 Å². The Hall–Kier alpha value is -1.75. The van der Waals surface area contributed by atoms with Crippen LogP contribution in [0.15, 0.2) is 24.3 Å². The molecule has 5 nitrogen and oxygen atoms in total. The Bertz CT molecular complexity index is 462. The molecule has 1 aromatic carbocycles. The second-order valence-corrected chi connectivity index (χ2v) is 4.96. The van der Waals surface area contributed by atoms with Gasteiger partial charge in [-0.15, -0.1) is 0 Å². The first-order valence-corrected chi connectivity index (χ1v) is 6.80. The van der Waals surface area contributed by atoms with E-state index in [-0.39, 0.29) is 25.0 Å². The maximum Gasteiger partial charge on any atom is 0.317 e. The summed E-state index contributed by atoms with van der Waals surface area (Å²) >= 11 is 5.84. The molecular weight excluding hydrogens is 280 g/mol. The molecule has 0 aromatic heterocycles. The van der Waals surface area contributed by atoms with Crippen LogP contribution < -0.4 is 5.32 Å². The van der Waals surface area contributed by atoms with Gasteiger partial charge < -0.3 is 15.3 Å². The first kappa shape index (κ1) is 16.3. The summed E-state index contributed by atoms with van der Waals surface area (Å²) in [6.07, 6.45) is 0.668. The summed E-state index contributed by atoms with van der Waals surface area (Å²) in [5, 5.41) is 12.1. The molecule has 1 aromatic rings. The van der Waals surface area contributed by atoms with E-state index in [0.29, 0.717) is 5.02 Å². The number of nitrogens with one attached hydrogen (secondary N) is 1. The number of hydrogen-bond donors (Lipinski definition) is 2. The molecular formula is C14H19ClN2O3. The van der Waals surface area contributed by atoms with Crippen molar-refractivity contribution in [3.05, 3.63) is 34.9 Å². The molecule has 1 atom stereocenters. The molecule has 0 radical (unpaired) electrons. The summed E-state index contributed by atoms with van der Waals surface area (Å²) in [7, 11) is 1.58. The Labute approximate surface area is 123 Å². The minimum Gasteiger partial charge on any atom is -0.481 e. The number of benzene rings is 1. The van der Waals surface area contributed by atoms with Gasteiger partial charge in [-0.1, -0.05) is 30.7 Å². The largest absolute Gasteiger partial charge is 0.481 e. The number of hydrogen-bond acceptors (Lipinski definition) is 2. The average molecular weight is 299 g/mol. The molecule has 2 amide bonds. The Kier molecular flexibility index (Phi) is 6.31. The van der Waals surface area contributed by atoms with Crippen LogP contribution in [0.1, 0.15) is 31.4 Å². The number of aliphatic carboxylic acids is 1. The minimum atomic E-state index is -0.922. The highest BCUT2D eigenvalue weighted by atomic mass is 35.5. The molecule has 0 aliphatic carbocycles. The molecule has 110 valence electrons. The molecule has 0 bridgehead atoms. The normalized spacial score (nSPS) is 11.8. The predicted octanol–water partition coefficient (Wildman–Crippen LogP) is 2.91. The van der Waals surface area contributed by atoms with Crippen molar-refractivity contribution in [1.29, 1.82) is 0 Å². The van der Waals surface area contributed by atoms with Crippen LogP contribution in [0, 0.1) is 0 Å². The lowest BCUT2D eigenvalue weighted by atomic mass is 10.1. The minimum absolute atomic E-state index is 0.0678. The zero-order valence-corrected chi connectivity index (χ0v) is 12.4. The number of carbonyl (C=O) groups is 2. The van der Waals surface area contributed by atoms with Crippen LogP contribution in [-0.4, -0.2) is 35.6 Å². The number of nitrogens with zero attached hydrogens (tertiary/aromatic N) is 1. The second-order valence-electron chi connectivity index (χ2n) is 4.53. The zero-order chi connectivity index (χ0) is 15.1.